The van der Waals surface area contributed by atoms with Crippen LogP contribution in [0.5, 0.6) is 0 Å². The lowest BCUT2D eigenvalue weighted by molar-refractivity contribution is 0.0697. The van der Waals surface area contributed by atoms with Crippen molar-refractivity contribution in [1.82, 2.24) is 10.2 Å². The number of thiophene rings is 1. The van der Waals surface area contributed by atoms with Crippen LogP contribution < -0.4 is 5.32 Å². The molecule has 110 valence electrons. The third kappa shape index (κ3) is 2.56. The maximum atomic E-state index is 12.1. The standard InChI is InChI=1S/C14H15N3O3S/c1-7-6-9(17-16-7)12(18)15-13-11(14(19)20)8-4-2-3-5-10(8)21-13/h6H,2-5H2,1H3,(H,15,18)(H,16,17)(H,19,20). The second-order valence-electron chi connectivity index (χ2n) is 5.11. The Morgan fingerprint density at radius 2 is 2.14 bits per heavy atom. The molecule has 3 rings (SSSR count). The Bertz CT molecular complexity index is 717. The molecule has 0 fully saturated rings. The fourth-order valence-corrected chi connectivity index (χ4v) is 3.86. The highest BCUT2D eigenvalue weighted by Gasteiger charge is 2.26. The summed E-state index contributed by atoms with van der Waals surface area (Å²) < 4.78 is 0. The summed E-state index contributed by atoms with van der Waals surface area (Å²) in [6.07, 6.45) is 3.72. The minimum atomic E-state index is -0.983. The number of anilines is 1. The second-order valence-corrected chi connectivity index (χ2v) is 6.22. The van der Waals surface area contributed by atoms with Crippen LogP contribution in [0.4, 0.5) is 5.00 Å². The van der Waals surface area contributed by atoms with Gasteiger partial charge in [-0.1, -0.05) is 0 Å². The molecule has 6 nitrogen and oxygen atoms in total. The van der Waals surface area contributed by atoms with E-state index in [1.54, 1.807) is 13.0 Å². The molecule has 0 atom stereocenters. The summed E-state index contributed by atoms with van der Waals surface area (Å²) in [6.45, 7) is 1.80. The van der Waals surface area contributed by atoms with Gasteiger partial charge in [0.2, 0.25) is 0 Å². The molecule has 21 heavy (non-hydrogen) atoms. The molecule has 0 unspecified atom stereocenters. The SMILES string of the molecule is Cc1cc(C(=O)Nc2sc3c(c2C(=O)O)CCCC3)n[nH]1. The molecular formula is C14H15N3O3S. The largest absolute Gasteiger partial charge is 0.478 e. The average Bonchev–Trinajstić information content (AvgIpc) is 3.01. The van der Waals surface area contributed by atoms with Crippen LogP contribution in [-0.4, -0.2) is 27.2 Å². The molecule has 7 heteroatoms. The minimum absolute atomic E-state index is 0.246. The van der Waals surface area contributed by atoms with Crippen molar-refractivity contribution in [2.75, 3.05) is 5.32 Å². The fraction of sp³-hybridized carbons (Fsp3) is 0.357. The van der Waals surface area contributed by atoms with Crippen molar-refractivity contribution in [3.63, 3.8) is 0 Å². The molecule has 1 amide bonds. The number of aromatic nitrogens is 2. The van der Waals surface area contributed by atoms with Crippen molar-refractivity contribution in [2.24, 2.45) is 0 Å². The first-order chi connectivity index (χ1) is 10.1. The van der Waals surface area contributed by atoms with E-state index < -0.39 is 5.97 Å². The van der Waals surface area contributed by atoms with E-state index in [9.17, 15) is 14.7 Å². The van der Waals surface area contributed by atoms with Gasteiger partial charge in [0.05, 0.1) is 5.56 Å². The second kappa shape index (κ2) is 5.33. The van der Waals surface area contributed by atoms with Gasteiger partial charge in [-0.05, 0) is 44.2 Å². The van der Waals surface area contributed by atoms with E-state index in [4.69, 9.17) is 0 Å². The molecule has 2 heterocycles. The van der Waals surface area contributed by atoms with Crippen molar-refractivity contribution >= 4 is 28.2 Å². The van der Waals surface area contributed by atoms with Gasteiger partial charge in [0.15, 0.2) is 5.69 Å². The molecule has 0 saturated carbocycles. The molecule has 0 aromatic carbocycles. The van der Waals surface area contributed by atoms with Crippen LogP contribution in [0, 0.1) is 6.92 Å². The molecule has 0 aliphatic heterocycles. The van der Waals surface area contributed by atoms with Gasteiger partial charge in [0.25, 0.3) is 5.91 Å². The number of rotatable bonds is 3. The molecule has 2 aromatic heterocycles. The molecule has 0 radical (unpaired) electrons. The maximum absolute atomic E-state index is 12.1. The van der Waals surface area contributed by atoms with Crippen LogP contribution in [0.1, 0.15) is 49.8 Å². The van der Waals surface area contributed by atoms with Crippen LogP contribution >= 0.6 is 11.3 Å². The first-order valence-corrected chi connectivity index (χ1v) is 7.59. The number of carbonyl (C=O) groups is 2. The van der Waals surface area contributed by atoms with E-state index in [0.717, 1.165) is 41.8 Å². The van der Waals surface area contributed by atoms with E-state index >= 15 is 0 Å². The quantitative estimate of drug-likeness (QED) is 0.812. The number of fused-ring (bicyclic) bond motifs is 1. The van der Waals surface area contributed by atoms with Gasteiger partial charge in [0, 0.05) is 10.6 Å². The van der Waals surface area contributed by atoms with Gasteiger partial charge in [0.1, 0.15) is 5.00 Å². The lowest BCUT2D eigenvalue weighted by Crippen LogP contribution is -2.14. The van der Waals surface area contributed by atoms with E-state index in [-0.39, 0.29) is 17.2 Å². The number of hydrogen-bond acceptors (Lipinski definition) is 4. The number of aromatic carboxylic acids is 1. The van der Waals surface area contributed by atoms with Gasteiger partial charge in [-0.3, -0.25) is 9.89 Å². The number of nitrogens with one attached hydrogen (secondary N) is 2. The van der Waals surface area contributed by atoms with Gasteiger partial charge >= 0.3 is 5.97 Å². The summed E-state index contributed by atoms with van der Waals surface area (Å²) in [5, 5.41) is 19.1. The first kappa shape index (κ1) is 13.8. The number of aromatic amines is 1. The fourth-order valence-electron chi connectivity index (χ4n) is 2.58. The van der Waals surface area contributed by atoms with Crippen molar-refractivity contribution in [3.05, 3.63) is 33.5 Å². The van der Waals surface area contributed by atoms with Gasteiger partial charge in [-0.2, -0.15) is 5.10 Å². The average molecular weight is 305 g/mol. The van der Waals surface area contributed by atoms with E-state index in [0.29, 0.717) is 5.00 Å². The summed E-state index contributed by atoms with van der Waals surface area (Å²) in [5.41, 5.74) is 2.17. The van der Waals surface area contributed by atoms with E-state index in [1.807, 2.05) is 0 Å². The zero-order valence-corrected chi connectivity index (χ0v) is 12.3. The molecule has 1 aliphatic carbocycles. The zero-order chi connectivity index (χ0) is 15.0. The van der Waals surface area contributed by atoms with Gasteiger partial charge in [-0.15, -0.1) is 11.3 Å². The van der Waals surface area contributed by atoms with Crippen LogP contribution in [0.2, 0.25) is 0 Å². The predicted molar refractivity (Wildman–Crippen MR) is 79.2 cm³/mol. The summed E-state index contributed by atoms with van der Waals surface area (Å²) in [6, 6.07) is 1.63. The van der Waals surface area contributed by atoms with Crippen molar-refractivity contribution in [1.29, 1.82) is 0 Å². The van der Waals surface area contributed by atoms with E-state index in [1.165, 1.54) is 11.3 Å². The Balaban J connectivity index is 1.93. The molecule has 2 aromatic rings. The lowest BCUT2D eigenvalue weighted by Gasteiger charge is -2.10. The first-order valence-electron chi connectivity index (χ1n) is 6.77. The number of hydrogen-bond donors (Lipinski definition) is 3. The number of carboxylic acids is 1. The maximum Gasteiger partial charge on any atom is 0.339 e. The number of amides is 1. The van der Waals surface area contributed by atoms with Crippen LogP contribution in [0.15, 0.2) is 6.07 Å². The van der Waals surface area contributed by atoms with Crippen molar-refractivity contribution in [2.45, 2.75) is 32.6 Å². The number of carbonyl (C=O) groups excluding carboxylic acids is 1. The van der Waals surface area contributed by atoms with Crippen LogP contribution in [0.3, 0.4) is 0 Å². The predicted octanol–water partition coefficient (Wildman–Crippen LogP) is 2.61. The summed E-state index contributed by atoms with van der Waals surface area (Å²) in [7, 11) is 0. The highest BCUT2D eigenvalue weighted by atomic mass is 32.1. The third-order valence-electron chi connectivity index (χ3n) is 3.55. The summed E-state index contributed by atoms with van der Waals surface area (Å²) >= 11 is 1.37. The van der Waals surface area contributed by atoms with E-state index in [2.05, 4.69) is 15.5 Å². The molecule has 0 bridgehead atoms. The Labute approximate surface area is 125 Å². The van der Waals surface area contributed by atoms with Gasteiger partial charge in [-0.25, -0.2) is 4.79 Å². The number of carboxylic acid groups (broad SMARTS) is 1. The van der Waals surface area contributed by atoms with Crippen LogP contribution in [-0.2, 0) is 12.8 Å². The smallest absolute Gasteiger partial charge is 0.339 e. The Kier molecular flexibility index (Phi) is 3.50. The lowest BCUT2D eigenvalue weighted by atomic mass is 9.95. The normalized spacial score (nSPS) is 13.8. The Morgan fingerprint density at radius 3 is 2.81 bits per heavy atom. The monoisotopic (exact) mass is 305 g/mol. The third-order valence-corrected chi connectivity index (χ3v) is 4.76. The summed E-state index contributed by atoms with van der Waals surface area (Å²) in [4.78, 5) is 24.7. The number of nitrogens with zero attached hydrogens (tertiary/aromatic N) is 1. The minimum Gasteiger partial charge on any atom is -0.478 e. The molecule has 3 N–H and O–H groups in total. The molecule has 0 saturated heterocycles. The number of H-pyrrole nitrogens is 1. The molecule has 0 spiro atoms. The van der Waals surface area contributed by atoms with Crippen LogP contribution in [0.25, 0.3) is 0 Å². The number of aryl methyl sites for hydroxylation is 2. The highest BCUT2D eigenvalue weighted by Crippen LogP contribution is 2.38. The van der Waals surface area contributed by atoms with Gasteiger partial charge < -0.3 is 10.4 Å². The zero-order valence-electron chi connectivity index (χ0n) is 11.5. The summed E-state index contributed by atoms with van der Waals surface area (Å²) in [5.74, 6) is -1.37. The Hall–Kier alpha value is -2.15. The highest BCUT2D eigenvalue weighted by molar-refractivity contribution is 7.17. The van der Waals surface area contributed by atoms with Crippen molar-refractivity contribution < 1.29 is 14.7 Å². The Morgan fingerprint density at radius 1 is 1.38 bits per heavy atom. The molecular weight excluding hydrogens is 290 g/mol. The molecule has 1 aliphatic rings. The van der Waals surface area contributed by atoms with Crippen molar-refractivity contribution in [3.8, 4) is 0 Å². The topological polar surface area (TPSA) is 95.1 Å².